The molecule has 0 bridgehead atoms. The van der Waals surface area contributed by atoms with Gasteiger partial charge in [-0.2, -0.15) is 17.5 Å². The van der Waals surface area contributed by atoms with Gasteiger partial charge in [0.15, 0.2) is 0 Å². The van der Waals surface area contributed by atoms with E-state index in [2.05, 4.69) is 0 Å². The molecule has 1 aliphatic rings. The Labute approximate surface area is 204 Å². The summed E-state index contributed by atoms with van der Waals surface area (Å²) in [5.74, 6) is -0.116. The monoisotopic (exact) mass is 512 g/mol. The molecule has 1 heterocycles. The molecule has 6 nitrogen and oxygen atoms in total. The van der Waals surface area contributed by atoms with Crippen molar-refractivity contribution in [2.75, 3.05) is 26.2 Å². The molecule has 1 aliphatic heterocycles. The molecule has 192 valence electrons. The van der Waals surface area contributed by atoms with E-state index in [1.54, 1.807) is 29.2 Å². The van der Waals surface area contributed by atoms with Gasteiger partial charge in [0.2, 0.25) is 15.9 Å². The minimum absolute atomic E-state index is 0.0341. The van der Waals surface area contributed by atoms with Gasteiger partial charge >= 0.3 is 6.18 Å². The maximum Gasteiger partial charge on any atom is 0.416 e. The van der Waals surface area contributed by atoms with Crippen molar-refractivity contribution in [1.29, 1.82) is 0 Å². The quantitative estimate of drug-likeness (QED) is 0.523. The van der Waals surface area contributed by atoms with Gasteiger partial charge in [-0.25, -0.2) is 8.42 Å². The van der Waals surface area contributed by atoms with Crippen molar-refractivity contribution in [3.8, 4) is 0 Å². The molecule has 0 aliphatic carbocycles. The molecule has 0 N–H and O–H groups in total. The fraction of sp³-hybridized carbons (Fsp3) is 0.480. The molecule has 0 aromatic heterocycles. The first-order valence-electron chi connectivity index (χ1n) is 11.5. The summed E-state index contributed by atoms with van der Waals surface area (Å²) in [4.78, 5) is 14.8. The van der Waals surface area contributed by atoms with E-state index < -0.39 is 21.8 Å². The van der Waals surface area contributed by atoms with Gasteiger partial charge in [-0.3, -0.25) is 4.79 Å². The molecular weight excluding hydrogens is 481 g/mol. The molecule has 0 saturated carbocycles. The number of amides is 1. The zero-order valence-electron chi connectivity index (χ0n) is 20.1. The topological polar surface area (TPSA) is 66.9 Å². The maximum absolute atomic E-state index is 13.1. The molecule has 1 fully saturated rings. The van der Waals surface area contributed by atoms with Crippen molar-refractivity contribution in [2.24, 2.45) is 5.92 Å². The number of carbonyl (C=O) groups is 1. The van der Waals surface area contributed by atoms with Crippen molar-refractivity contribution in [2.45, 2.75) is 50.9 Å². The van der Waals surface area contributed by atoms with Crippen LogP contribution in [0.4, 0.5) is 13.2 Å². The molecule has 0 unspecified atom stereocenters. The minimum atomic E-state index is -4.39. The van der Waals surface area contributed by atoms with E-state index in [0.29, 0.717) is 5.56 Å². The summed E-state index contributed by atoms with van der Waals surface area (Å²) >= 11 is 0. The SMILES string of the molecule is Cc1ccc(S(=O)(=O)N2CCC(=O)N([C@H](COCc3ccc(C(F)(F)F)cc3)C(C)C)CC2)cc1. The lowest BCUT2D eigenvalue weighted by atomic mass is 10.0. The van der Waals surface area contributed by atoms with Crippen LogP contribution in [0.2, 0.25) is 0 Å². The standard InChI is InChI=1S/C25H31F3N2O4S/c1-18(2)23(17-34-16-20-6-8-21(9-7-20)25(26,27)28)30-15-14-29(13-12-24(30)31)35(32,33)22-10-4-19(3)5-11-22/h4-11,18,23H,12-17H2,1-3H3/t23-/m1/s1. The second-order valence-corrected chi connectivity index (χ2v) is 11.0. The van der Waals surface area contributed by atoms with Gasteiger partial charge in [0.25, 0.3) is 0 Å². The normalized spacial score (nSPS) is 17.0. The number of aryl methyl sites for hydroxylation is 1. The zero-order valence-corrected chi connectivity index (χ0v) is 20.9. The Morgan fingerprint density at radius 2 is 1.60 bits per heavy atom. The molecule has 1 atom stereocenters. The molecule has 2 aromatic carbocycles. The number of benzene rings is 2. The summed E-state index contributed by atoms with van der Waals surface area (Å²) in [6.45, 7) is 6.58. The van der Waals surface area contributed by atoms with Crippen LogP contribution < -0.4 is 0 Å². The molecule has 1 saturated heterocycles. The molecule has 0 radical (unpaired) electrons. The number of nitrogens with zero attached hydrogens (tertiary/aromatic N) is 2. The third-order valence-corrected chi connectivity index (χ3v) is 8.07. The zero-order chi connectivity index (χ0) is 25.8. The minimum Gasteiger partial charge on any atom is -0.375 e. The number of halogens is 3. The number of rotatable bonds is 8. The summed E-state index contributed by atoms with van der Waals surface area (Å²) in [5, 5.41) is 0. The lowest BCUT2D eigenvalue weighted by molar-refractivity contribution is -0.137. The number of carbonyl (C=O) groups excluding carboxylic acids is 1. The van der Waals surface area contributed by atoms with Gasteiger partial charge in [0.1, 0.15) is 0 Å². The lowest BCUT2D eigenvalue weighted by Gasteiger charge is -2.33. The van der Waals surface area contributed by atoms with Crippen LogP contribution in [0.15, 0.2) is 53.4 Å². The van der Waals surface area contributed by atoms with Gasteiger partial charge in [-0.15, -0.1) is 0 Å². The van der Waals surface area contributed by atoms with Crippen molar-refractivity contribution < 1.29 is 31.1 Å². The Kier molecular flexibility index (Phi) is 8.61. The molecule has 35 heavy (non-hydrogen) atoms. The Balaban J connectivity index is 1.64. The van der Waals surface area contributed by atoms with Gasteiger partial charge in [-0.1, -0.05) is 43.7 Å². The predicted molar refractivity (Wildman–Crippen MR) is 126 cm³/mol. The van der Waals surface area contributed by atoms with E-state index >= 15 is 0 Å². The molecular formula is C25H31F3N2O4S. The fourth-order valence-electron chi connectivity index (χ4n) is 4.00. The highest BCUT2D eigenvalue weighted by atomic mass is 32.2. The van der Waals surface area contributed by atoms with Gasteiger partial charge in [0.05, 0.1) is 29.7 Å². The first kappa shape index (κ1) is 27.2. The number of ether oxygens (including phenoxy) is 1. The van der Waals surface area contributed by atoms with Crippen LogP contribution in [-0.4, -0.2) is 55.8 Å². The van der Waals surface area contributed by atoms with Crippen molar-refractivity contribution in [3.63, 3.8) is 0 Å². The Morgan fingerprint density at radius 1 is 0.971 bits per heavy atom. The molecule has 0 spiro atoms. The average molecular weight is 513 g/mol. The summed E-state index contributed by atoms with van der Waals surface area (Å²) in [5.41, 5.74) is 0.830. The maximum atomic E-state index is 13.1. The lowest BCUT2D eigenvalue weighted by Crippen LogP contribution is -2.47. The van der Waals surface area contributed by atoms with Crippen molar-refractivity contribution >= 4 is 15.9 Å². The van der Waals surface area contributed by atoms with Crippen LogP contribution in [0.3, 0.4) is 0 Å². The fourth-order valence-corrected chi connectivity index (χ4v) is 5.43. The van der Waals surface area contributed by atoms with Crippen LogP contribution in [0.25, 0.3) is 0 Å². The van der Waals surface area contributed by atoms with Crippen LogP contribution >= 0.6 is 0 Å². The largest absolute Gasteiger partial charge is 0.416 e. The first-order chi connectivity index (χ1) is 16.4. The highest BCUT2D eigenvalue weighted by Crippen LogP contribution is 2.29. The van der Waals surface area contributed by atoms with Crippen LogP contribution in [-0.2, 0) is 32.3 Å². The van der Waals surface area contributed by atoms with Gasteiger partial charge in [-0.05, 0) is 42.7 Å². The number of sulfonamides is 1. The molecule has 10 heteroatoms. The van der Waals surface area contributed by atoms with Gasteiger partial charge < -0.3 is 9.64 Å². The van der Waals surface area contributed by atoms with E-state index in [0.717, 1.165) is 17.7 Å². The third-order valence-electron chi connectivity index (χ3n) is 6.15. The van der Waals surface area contributed by atoms with E-state index in [9.17, 15) is 26.4 Å². The van der Waals surface area contributed by atoms with E-state index in [4.69, 9.17) is 4.74 Å². The average Bonchev–Trinajstić information content (AvgIpc) is 2.98. The molecule has 2 aromatic rings. The number of hydrogen-bond donors (Lipinski definition) is 0. The van der Waals surface area contributed by atoms with Crippen molar-refractivity contribution in [1.82, 2.24) is 9.21 Å². The summed E-state index contributed by atoms with van der Waals surface area (Å²) in [6, 6.07) is 11.1. The summed E-state index contributed by atoms with van der Waals surface area (Å²) < 4.78 is 71.5. The second kappa shape index (κ2) is 11.1. The summed E-state index contributed by atoms with van der Waals surface area (Å²) in [7, 11) is -3.72. The van der Waals surface area contributed by atoms with E-state index in [-0.39, 0.29) is 62.0 Å². The number of hydrogen-bond acceptors (Lipinski definition) is 4. The van der Waals surface area contributed by atoms with Crippen molar-refractivity contribution in [3.05, 3.63) is 65.2 Å². The Bertz CT molecular complexity index is 1100. The highest BCUT2D eigenvalue weighted by Gasteiger charge is 2.34. The predicted octanol–water partition coefficient (Wildman–Crippen LogP) is 4.48. The summed E-state index contributed by atoms with van der Waals surface area (Å²) in [6.07, 6.45) is -4.33. The highest BCUT2D eigenvalue weighted by molar-refractivity contribution is 7.89. The van der Waals surface area contributed by atoms with E-state index in [1.807, 2.05) is 20.8 Å². The van der Waals surface area contributed by atoms with Crippen LogP contribution in [0.1, 0.15) is 37.0 Å². The molecule has 1 amide bonds. The van der Waals surface area contributed by atoms with Crippen LogP contribution in [0, 0.1) is 12.8 Å². The second-order valence-electron chi connectivity index (χ2n) is 9.08. The Morgan fingerprint density at radius 3 is 2.17 bits per heavy atom. The smallest absolute Gasteiger partial charge is 0.375 e. The van der Waals surface area contributed by atoms with E-state index in [1.165, 1.54) is 16.4 Å². The van der Waals surface area contributed by atoms with Crippen LogP contribution in [0.5, 0.6) is 0 Å². The van der Waals surface area contributed by atoms with Gasteiger partial charge in [0, 0.05) is 26.1 Å². The third kappa shape index (κ3) is 6.83. The molecule has 3 rings (SSSR count). The number of alkyl halides is 3. The Hall–Kier alpha value is -2.43. The first-order valence-corrected chi connectivity index (χ1v) is 12.9.